The maximum atomic E-state index is 12.7. The van der Waals surface area contributed by atoms with Gasteiger partial charge in [-0.05, 0) is 61.9 Å². The summed E-state index contributed by atoms with van der Waals surface area (Å²) in [5, 5.41) is 13.0. The van der Waals surface area contributed by atoms with Crippen LogP contribution in [0.5, 0.6) is 5.75 Å². The molecule has 142 valence electrons. The standard InChI is InChI=1S/C21H30N2O3/c1-23(17-4-2-3-5-17)13-20(25)22-21(16-11-18(24)12-16)15-6-7-19-14(10-15)8-9-26-19/h6-7,10,16-18,21,24H,2-5,8-9,11-13H2,1H3,(H,22,25)/t16?,18?,21-/m0/s1. The van der Waals surface area contributed by atoms with Crippen molar-refractivity contribution >= 4 is 5.91 Å². The Morgan fingerprint density at radius 1 is 1.35 bits per heavy atom. The van der Waals surface area contributed by atoms with Gasteiger partial charge in [0.2, 0.25) is 5.91 Å². The van der Waals surface area contributed by atoms with E-state index in [0.29, 0.717) is 18.5 Å². The van der Waals surface area contributed by atoms with Crippen molar-refractivity contribution in [2.45, 2.75) is 63.1 Å². The Kier molecular flexibility index (Phi) is 5.18. The third-order valence-corrected chi connectivity index (χ3v) is 6.35. The van der Waals surface area contributed by atoms with Crippen molar-refractivity contribution in [3.63, 3.8) is 0 Å². The number of ether oxygens (including phenoxy) is 1. The van der Waals surface area contributed by atoms with Crippen LogP contribution in [-0.4, -0.2) is 48.3 Å². The van der Waals surface area contributed by atoms with Gasteiger partial charge in [-0.3, -0.25) is 9.69 Å². The van der Waals surface area contributed by atoms with Crippen LogP contribution in [0.15, 0.2) is 18.2 Å². The molecule has 1 amide bonds. The van der Waals surface area contributed by atoms with E-state index in [-0.39, 0.29) is 18.1 Å². The SMILES string of the molecule is CN(CC(=O)N[C@@H](c1ccc2c(c1)CCO2)C1CC(O)C1)C1CCCC1. The number of aliphatic hydroxyl groups excluding tert-OH is 1. The van der Waals surface area contributed by atoms with Crippen molar-refractivity contribution in [1.82, 2.24) is 10.2 Å². The number of carbonyl (C=O) groups is 1. The molecule has 3 aliphatic rings. The lowest BCUT2D eigenvalue weighted by molar-refractivity contribution is -0.124. The average Bonchev–Trinajstić information content (AvgIpc) is 3.27. The fraction of sp³-hybridized carbons (Fsp3) is 0.667. The molecule has 2 saturated carbocycles. The summed E-state index contributed by atoms with van der Waals surface area (Å²) in [7, 11) is 2.06. The molecule has 1 atom stereocenters. The average molecular weight is 358 g/mol. The van der Waals surface area contributed by atoms with Gasteiger partial charge in [0.1, 0.15) is 5.75 Å². The number of aliphatic hydroxyl groups is 1. The number of carbonyl (C=O) groups excluding carboxylic acids is 1. The lowest BCUT2D eigenvalue weighted by Gasteiger charge is -2.38. The van der Waals surface area contributed by atoms with E-state index < -0.39 is 0 Å². The molecule has 1 aromatic rings. The molecular formula is C21H30N2O3. The number of fused-ring (bicyclic) bond motifs is 1. The van der Waals surface area contributed by atoms with E-state index in [1.54, 1.807) is 0 Å². The minimum absolute atomic E-state index is 0.0196. The number of benzene rings is 1. The molecule has 1 aliphatic heterocycles. The van der Waals surface area contributed by atoms with Gasteiger partial charge in [0, 0.05) is 12.5 Å². The van der Waals surface area contributed by atoms with Crippen molar-refractivity contribution < 1.29 is 14.6 Å². The molecule has 1 aromatic carbocycles. The highest BCUT2D eigenvalue weighted by Gasteiger charge is 2.36. The molecule has 4 rings (SSSR count). The monoisotopic (exact) mass is 358 g/mol. The fourth-order valence-electron chi connectivity index (χ4n) is 4.70. The van der Waals surface area contributed by atoms with Crippen LogP contribution >= 0.6 is 0 Å². The summed E-state index contributed by atoms with van der Waals surface area (Å²) in [6.45, 7) is 1.19. The summed E-state index contributed by atoms with van der Waals surface area (Å²) in [5.41, 5.74) is 2.37. The number of hydrogen-bond donors (Lipinski definition) is 2. The van der Waals surface area contributed by atoms with Crippen LogP contribution in [0, 0.1) is 5.92 Å². The molecule has 1 heterocycles. The molecule has 0 bridgehead atoms. The highest BCUT2D eigenvalue weighted by Crippen LogP contribution is 2.39. The Hall–Kier alpha value is -1.59. The number of amides is 1. The van der Waals surface area contributed by atoms with Crippen molar-refractivity contribution in [1.29, 1.82) is 0 Å². The van der Waals surface area contributed by atoms with Gasteiger partial charge in [-0.2, -0.15) is 0 Å². The molecule has 0 saturated heterocycles. The summed E-state index contributed by atoms with van der Waals surface area (Å²) in [5.74, 6) is 1.36. The van der Waals surface area contributed by atoms with Crippen LogP contribution in [0.2, 0.25) is 0 Å². The molecule has 2 aliphatic carbocycles. The number of likely N-dealkylation sites (N-methyl/N-ethyl adjacent to an activating group) is 1. The van der Waals surface area contributed by atoms with Crippen LogP contribution in [-0.2, 0) is 11.2 Å². The molecule has 5 nitrogen and oxygen atoms in total. The summed E-state index contributed by atoms with van der Waals surface area (Å²) in [4.78, 5) is 14.9. The Balaban J connectivity index is 1.44. The van der Waals surface area contributed by atoms with Crippen molar-refractivity contribution in [2.24, 2.45) is 5.92 Å². The zero-order valence-electron chi connectivity index (χ0n) is 15.6. The molecule has 26 heavy (non-hydrogen) atoms. The second-order valence-electron chi connectivity index (χ2n) is 8.25. The first kappa shape index (κ1) is 17.8. The molecule has 2 N–H and O–H groups in total. The first-order valence-electron chi connectivity index (χ1n) is 10.0. The topological polar surface area (TPSA) is 61.8 Å². The lowest BCUT2D eigenvalue weighted by atomic mass is 9.75. The smallest absolute Gasteiger partial charge is 0.234 e. The second-order valence-corrected chi connectivity index (χ2v) is 8.25. The highest BCUT2D eigenvalue weighted by molar-refractivity contribution is 5.78. The normalized spacial score (nSPS) is 26.3. The Labute approximate surface area is 155 Å². The number of rotatable bonds is 6. The molecular weight excluding hydrogens is 328 g/mol. The van der Waals surface area contributed by atoms with Crippen LogP contribution in [0.25, 0.3) is 0 Å². The first-order chi connectivity index (χ1) is 12.6. The van der Waals surface area contributed by atoms with Crippen molar-refractivity contribution in [3.05, 3.63) is 29.3 Å². The Morgan fingerprint density at radius 2 is 2.12 bits per heavy atom. The number of hydrogen-bond acceptors (Lipinski definition) is 4. The molecule has 2 fully saturated rings. The van der Waals surface area contributed by atoms with Gasteiger partial charge in [-0.25, -0.2) is 0 Å². The second kappa shape index (κ2) is 7.57. The van der Waals surface area contributed by atoms with Gasteiger partial charge in [-0.15, -0.1) is 0 Å². The molecule has 0 unspecified atom stereocenters. The van der Waals surface area contributed by atoms with E-state index in [4.69, 9.17) is 4.74 Å². The zero-order chi connectivity index (χ0) is 18.1. The van der Waals surface area contributed by atoms with E-state index in [1.165, 1.54) is 31.2 Å². The summed E-state index contributed by atoms with van der Waals surface area (Å²) in [6.07, 6.45) is 7.18. The van der Waals surface area contributed by atoms with Crippen LogP contribution < -0.4 is 10.1 Å². The maximum absolute atomic E-state index is 12.7. The van der Waals surface area contributed by atoms with Crippen LogP contribution in [0.1, 0.15) is 55.7 Å². The molecule has 0 radical (unpaired) electrons. The maximum Gasteiger partial charge on any atom is 0.234 e. The quantitative estimate of drug-likeness (QED) is 0.820. The summed E-state index contributed by atoms with van der Waals surface area (Å²) < 4.78 is 5.61. The van der Waals surface area contributed by atoms with E-state index >= 15 is 0 Å². The van der Waals surface area contributed by atoms with Gasteiger partial charge in [0.25, 0.3) is 0 Å². The highest BCUT2D eigenvalue weighted by atomic mass is 16.5. The predicted octanol–water partition coefficient (Wildman–Crippen LogP) is 2.42. The van der Waals surface area contributed by atoms with E-state index in [0.717, 1.165) is 37.2 Å². The Morgan fingerprint density at radius 3 is 2.85 bits per heavy atom. The summed E-state index contributed by atoms with van der Waals surface area (Å²) >= 11 is 0. The van der Waals surface area contributed by atoms with Crippen LogP contribution in [0.3, 0.4) is 0 Å². The number of nitrogens with one attached hydrogen (secondary N) is 1. The van der Waals surface area contributed by atoms with Gasteiger partial charge in [0.15, 0.2) is 0 Å². The minimum Gasteiger partial charge on any atom is -0.493 e. The van der Waals surface area contributed by atoms with Gasteiger partial charge in [-0.1, -0.05) is 18.9 Å². The van der Waals surface area contributed by atoms with Gasteiger partial charge < -0.3 is 15.2 Å². The fourth-order valence-corrected chi connectivity index (χ4v) is 4.70. The van der Waals surface area contributed by atoms with E-state index in [2.05, 4.69) is 29.4 Å². The minimum atomic E-state index is -0.224. The van der Waals surface area contributed by atoms with E-state index in [1.807, 2.05) is 6.07 Å². The van der Waals surface area contributed by atoms with Crippen LogP contribution in [0.4, 0.5) is 0 Å². The molecule has 5 heteroatoms. The third kappa shape index (κ3) is 3.74. The van der Waals surface area contributed by atoms with Gasteiger partial charge in [0.05, 0.1) is 25.3 Å². The van der Waals surface area contributed by atoms with Crippen molar-refractivity contribution in [2.75, 3.05) is 20.2 Å². The largest absolute Gasteiger partial charge is 0.493 e. The first-order valence-corrected chi connectivity index (χ1v) is 10.0. The molecule has 0 spiro atoms. The lowest BCUT2D eigenvalue weighted by Crippen LogP contribution is -2.45. The number of nitrogens with zero attached hydrogens (tertiary/aromatic N) is 1. The van der Waals surface area contributed by atoms with E-state index in [9.17, 15) is 9.90 Å². The predicted molar refractivity (Wildman–Crippen MR) is 100 cm³/mol. The van der Waals surface area contributed by atoms with Crippen molar-refractivity contribution in [3.8, 4) is 5.75 Å². The summed E-state index contributed by atoms with van der Waals surface area (Å²) in [6, 6.07) is 6.80. The third-order valence-electron chi connectivity index (χ3n) is 6.35. The van der Waals surface area contributed by atoms with Gasteiger partial charge >= 0.3 is 0 Å². The zero-order valence-corrected chi connectivity index (χ0v) is 15.6. The molecule has 0 aromatic heterocycles. The Bertz CT molecular complexity index is 651.